The Morgan fingerprint density at radius 3 is 2.39 bits per heavy atom. The Kier molecular flexibility index (Phi) is 6.46. The van der Waals surface area contributed by atoms with Crippen LogP contribution >= 0.6 is 0 Å². The molecular weight excluding hydrogens is 442 g/mol. The normalized spacial score (nSPS) is 14.5. The first kappa shape index (κ1) is 22.5. The number of fused-ring (bicyclic) bond motifs is 1. The molecule has 0 radical (unpaired) electrons. The van der Waals surface area contributed by atoms with Crippen molar-refractivity contribution in [3.63, 3.8) is 0 Å². The van der Waals surface area contributed by atoms with Crippen LogP contribution in [0.4, 0.5) is 0 Å². The fourth-order valence-electron chi connectivity index (χ4n) is 3.96. The molecule has 0 aliphatic heterocycles. The van der Waals surface area contributed by atoms with Gasteiger partial charge in [0.05, 0.1) is 28.2 Å². The van der Waals surface area contributed by atoms with E-state index in [4.69, 9.17) is 9.47 Å². The monoisotopic (exact) mass is 465 g/mol. The van der Waals surface area contributed by atoms with Crippen LogP contribution in [0.3, 0.4) is 0 Å². The van der Waals surface area contributed by atoms with Crippen LogP contribution in [0.25, 0.3) is 0 Å². The number of oxime groups is 1. The van der Waals surface area contributed by atoms with Gasteiger partial charge in [-0.25, -0.2) is 13.2 Å². The molecule has 1 N–H and O–H groups in total. The summed E-state index contributed by atoms with van der Waals surface area (Å²) in [4.78, 5) is 12.5. The zero-order valence-corrected chi connectivity index (χ0v) is 18.8. The summed E-state index contributed by atoms with van der Waals surface area (Å²) in [7, 11) is -2.82. The molecule has 0 aromatic heterocycles. The van der Waals surface area contributed by atoms with Crippen LogP contribution < -0.4 is 4.74 Å². The summed E-state index contributed by atoms with van der Waals surface area (Å²) in [5.41, 5.74) is 2.49. The first-order valence-electron chi connectivity index (χ1n) is 10.4. The van der Waals surface area contributed by atoms with E-state index in [1.54, 1.807) is 18.2 Å². The van der Waals surface area contributed by atoms with Gasteiger partial charge in [0.1, 0.15) is 12.4 Å². The molecular formula is C25H23NO6S. The highest BCUT2D eigenvalue weighted by Gasteiger charge is 2.31. The lowest BCUT2D eigenvalue weighted by Crippen LogP contribution is -2.20. The maximum absolute atomic E-state index is 13.5. The largest absolute Gasteiger partial charge is 0.489 e. The van der Waals surface area contributed by atoms with Crippen LogP contribution in [-0.4, -0.2) is 32.4 Å². The Hall–Kier alpha value is -3.65. The molecule has 7 nitrogen and oxygen atoms in total. The number of nitrogens with zero attached hydrogens (tertiary/aromatic N) is 1. The Morgan fingerprint density at radius 1 is 1.00 bits per heavy atom. The number of rotatable bonds is 6. The summed E-state index contributed by atoms with van der Waals surface area (Å²) < 4.78 is 37.6. The first-order chi connectivity index (χ1) is 16.0. The quantitative estimate of drug-likeness (QED) is 0.329. The molecule has 3 aromatic carbocycles. The summed E-state index contributed by atoms with van der Waals surface area (Å²) in [6.07, 6.45) is 1.66. The van der Waals surface area contributed by atoms with Crippen LogP contribution in [0.2, 0.25) is 0 Å². The van der Waals surface area contributed by atoms with Crippen molar-refractivity contribution < 1.29 is 27.9 Å². The van der Waals surface area contributed by atoms with Gasteiger partial charge in [0.15, 0.2) is 0 Å². The van der Waals surface area contributed by atoms with Gasteiger partial charge < -0.3 is 14.7 Å². The van der Waals surface area contributed by atoms with E-state index in [-0.39, 0.29) is 15.4 Å². The van der Waals surface area contributed by atoms with Gasteiger partial charge in [0.25, 0.3) is 0 Å². The minimum absolute atomic E-state index is 0.0137. The van der Waals surface area contributed by atoms with Gasteiger partial charge in [-0.1, -0.05) is 41.6 Å². The molecule has 0 saturated carbocycles. The lowest BCUT2D eigenvalue weighted by Gasteiger charge is -2.21. The second-order valence-electron chi connectivity index (χ2n) is 7.61. The van der Waals surface area contributed by atoms with Crippen LogP contribution in [-0.2, 0) is 27.6 Å². The number of carbonyl (C=O) groups excluding carboxylic acids is 1. The second-order valence-corrected chi connectivity index (χ2v) is 9.52. The maximum Gasteiger partial charge on any atom is 0.339 e. The summed E-state index contributed by atoms with van der Waals surface area (Å²) in [6, 6.07) is 18.7. The highest BCUT2D eigenvalue weighted by atomic mass is 32.2. The molecule has 0 heterocycles. The van der Waals surface area contributed by atoms with Crippen molar-refractivity contribution >= 4 is 21.5 Å². The molecule has 33 heavy (non-hydrogen) atoms. The third-order valence-electron chi connectivity index (χ3n) is 5.61. The smallest absolute Gasteiger partial charge is 0.339 e. The van der Waals surface area contributed by atoms with E-state index in [1.165, 1.54) is 25.3 Å². The number of esters is 1. The number of hydrogen-bond donors (Lipinski definition) is 1. The number of carbonyl (C=O) groups is 1. The average Bonchev–Trinajstić information content (AvgIpc) is 2.86. The van der Waals surface area contributed by atoms with Gasteiger partial charge in [-0.05, 0) is 60.7 Å². The topological polar surface area (TPSA) is 102 Å². The van der Waals surface area contributed by atoms with E-state index >= 15 is 0 Å². The number of methoxy groups -OCH3 is 1. The maximum atomic E-state index is 13.5. The van der Waals surface area contributed by atoms with Crippen LogP contribution in [0.5, 0.6) is 5.75 Å². The van der Waals surface area contributed by atoms with Crippen LogP contribution in [0.1, 0.15) is 39.9 Å². The second kappa shape index (κ2) is 9.46. The Morgan fingerprint density at radius 2 is 1.73 bits per heavy atom. The molecule has 170 valence electrons. The van der Waals surface area contributed by atoms with Gasteiger partial charge in [-0.3, -0.25) is 0 Å². The van der Waals surface area contributed by atoms with E-state index in [0.717, 1.165) is 5.56 Å². The molecule has 0 atom stereocenters. The molecule has 0 unspecified atom stereocenters. The van der Waals surface area contributed by atoms with Gasteiger partial charge in [-0.2, -0.15) is 0 Å². The summed E-state index contributed by atoms with van der Waals surface area (Å²) in [5, 5.41) is 12.6. The predicted molar refractivity (Wildman–Crippen MR) is 122 cm³/mol. The molecule has 0 spiro atoms. The fourth-order valence-corrected chi connectivity index (χ4v) is 5.43. The third-order valence-corrected chi connectivity index (χ3v) is 7.42. The van der Waals surface area contributed by atoms with E-state index in [1.807, 2.05) is 30.3 Å². The van der Waals surface area contributed by atoms with Gasteiger partial charge in [0.2, 0.25) is 9.84 Å². The van der Waals surface area contributed by atoms with Crippen molar-refractivity contribution in [3.8, 4) is 5.75 Å². The van der Waals surface area contributed by atoms with E-state index in [9.17, 15) is 18.4 Å². The summed E-state index contributed by atoms with van der Waals surface area (Å²) in [5.74, 6) is -0.215. The van der Waals surface area contributed by atoms with Gasteiger partial charge >= 0.3 is 5.97 Å². The summed E-state index contributed by atoms with van der Waals surface area (Å²) in [6.45, 7) is 0.360. The number of ether oxygens (including phenoxy) is 2. The first-order valence-corrected chi connectivity index (χ1v) is 11.9. The van der Waals surface area contributed by atoms with Crippen LogP contribution in [0, 0.1) is 0 Å². The highest BCUT2D eigenvalue weighted by Crippen LogP contribution is 2.33. The van der Waals surface area contributed by atoms with Crippen LogP contribution in [0.15, 0.2) is 81.7 Å². The average molecular weight is 466 g/mol. The minimum Gasteiger partial charge on any atom is -0.489 e. The van der Waals surface area contributed by atoms with E-state index in [2.05, 4.69) is 5.16 Å². The SMILES string of the molecule is COC(=O)c1c(S(=O)(=O)c2ccc(OCc3ccccc3)cc2)ccc2c1CCC/C2=N/O. The molecule has 8 heteroatoms. The molecule has 1 aliphatic carbocycles. The Labute approximate surface area is 192 Å². The molecule has 0 amide bonds. The van der Waals surface area contributed by atoms with Crippen molar-refractivity contribution in [2.24, 2.45) is 5.16 Å². The summed E-state index contributed by atoms with van der Waals surface area (Å²) >= 11 is 0. The highest BCUT2D eigenvalue weighted by molar-refractivity contribution is 7.91. The Bertz CT molecular complexity index is 1300. The van der Waals surface area contributed by atoms with Crippen molar-refractivity contribution in [1.82, 2.24) is 0 Å². The molecule has 3 aromatic rings. The predicted octanol–water partition coefficient (Wildman–Crippen LogP) is 4.40. The minimum atomic E-state index is -4.03. The van der Waals surface area contributed by atoms with Crippen molar-refractivity contribution in [2.45, 2.75) is 35.7 Å². The molecule has 1 aliphatic rings. The lowest BCUT2D eigenvalue weighted by molar-refractivity contribution is 0.0595. The van der Waals surface area contributed by atoms with Crippen molar-refractivity contribution in [3.05, 3.63) is 89.0 Å². The number of hydrogen-bond acceptors (Lipinski definition) is 7. The third kappa shape index (κ3) is 4.47. The number of sulfone groups is 1. The fraction of sp³-hybridized carbons (Fsp3) is 0.200. The zero-order chi connectivity index (χ0) is 23.4. The Balaban J connectivity index is 1.69. The van der Waals surface area contributed by atoms with Crippen molar-refractivity contribution in [2.75, 3.05) is 7.11 Å². The molecule has 4 rings (SSSR count). The van der Waals surface area contributed by atoms with Gasteiger partial charge in [0, 0.05) is 5.56 Å². The van der Waals surface area contributed by atoms with Gasteiger partial charge in [-0.15, -0.1) is 0 Å². The van der Waals surface area contributed by atoms with E-state index < -0.39 is 15.8 Å². The molecule has 0 bridgehead atoms. The van der Waals surface area contributed by atoms with Crippen molar-refractivity contribution in [1.29, 1.82) is 0 Å². The van der Waals surface area contributed by atoms with E-state index in [0.29, 0.717) is 48.5 Å². The molecule has 0 saturated heterocycles. The molecule has 0 fully saturated rings. The standard InChI is InChI=1S/C25H23NO6S/c1-31-25(27)24-21-8-5-9-22(26-28)20(21)14-15-23(24)33(29,30)19-12-10-18(11-13-19)32-16-17-6-3-2-4-7-17/h2-4,6-7,10-15,28H,5,8-9,16H2,1H3/b26-22-. The number of benzene rings is 3. The zero-order valence-electron chi connectivity index (χ0n) is 18.0. The lowest BCUT2D eigenvalue weighted by atomic mass is 9.87.